The van der Waals surface area contributed by atoms with E-state index in [-0.39, 0.29) is 12.1 Å². The Labute approximate surface area is 164 Å². The van der Waals surface area contributed by atoms with Gasteiger partial charge in [0.15, 0.2) is 5.96 Å². The maximum atomic E-state index is 5.81. The van der Waals surface area contributed by atoms with E-state index in [1.165, 1.54) is 0 Å². The van der Waals surface area contributed by atoms with Crippen molar-refractivity contribution in [2.75, 3.05) is 44.8 Å². The molecule has 1 aromatic carbocycles. The zero-order valence-corrected chi connectivity index (χ0v) is 17.0. The van der Waals surface area contributed by atoms with E-state index in [4.69, 9.17) is 14.5 Å². The van der Waals surface area contributed by atoms with Crippen LogP contribution in [0.3, 0.4) is 0 Å². The van der Waals surface area contributed by atoms with E-state index >= 15 is 0 Å². The molecule has 1 fully saturated rings. The van der Waals surface area contributed by atoms with Gasteiger partial charge in [-0.2, -0.15) is 0 Å². The van der Waals surface area contributed by atoms with Gasteiger partial charge in [0.2, 0.25) is 0 Å². The van der Waals surface area contributed by atoms with Gasteiger partial charge in [0.25, 0.3) is 0 Å². The number of benzene rings is 1. The van der Waals surface area contributed by atoms with Crippen molar-refractivity contribution in [1.29, 1.82) is 0 Å². The SMILES string of the molecule is CCNC(=NCC(Nc1ccccc1)C(C)C)NCCCOC1CCOC1. The number of nitrogens with one attached hydrogen (secondary N) is 3. The zero-order chi connectivity index (χ0) is 19.3. The molecule has 1 aromatic rings. The maximum Gasteiger partial charge on any atom is 0.191 e. The predicted octanol–water partition coefficient (Wildman–Crippen LogP) is 2.87. The summed E-state index contributed by atoms with van der Waals surface area (Å²) in [5, 5.41) is 10.3. The number of rotatable bonds is 11. The lowest BCUT2D eigenvalue weighted by molar-refractivity contribution is 0.0420. The number of hydrogen-bond acceptors (Lipinski definition) is 4. The largest absolute Gasteiger partial charge is 0.380 e. The molecule has 0 aromatic heterocycles. The fourth-order valence-corrected chi connectivity index (χ4v) is 2.88. The monoisotopic (exact) mass is 376 g/mol. The molecule has 2 rings (SSSR count). The Bertz CT molecular complexity index is 530. The number of aliphatic imine (C=N–C) groups is 1. The minimum absolute atomic E-state index is 0.280. The molecule has 6 heteroatoms. The fourth-order valence-electron chi connectivity index (χ4n) is 2.88. The van der Waals surface area contributed by atoms with Crippen molar-refractivity contribution >= 4 is 11.6 Å². The van der Waals surface area contributed by atoms with Crippen LogP contribution in [0.1, 0.15) is 33.6 Å². The van der Waals surface area contributed by atoms with Crippen molar-refractivity contribution in [2.24, 2.45) is 10.9 Å². The van der Waals surface area contributed by atoms with Gasteiger partial charge >= 0.3 is 0 Å². The van der Waals surface area contributed by atoms with Crippen LogP contribution in [0.2, 0.25) is 0 Å². The van der Waals surface area contributed by atoms with Crippen LogP contribution < -0.4 is 16.0 Å². The molecule has 152 valence electrons. The molecule has 0 amide bonds. The number of para-hydroxylation sites is 1. The normalized spacial score (nSPS) is 18.5. The molecule has 0 bridgehead atoms. The van der Waals surface area contributed by atoms with Crippen LogP contribution in [0.25, 0.3) is 0 Å². The number of nitrogens with zero attached hydrogens (tertiary/aromatic N) is 1. The third kappa shape index (κ3) is 8.63. The topological polar surface area (TPSA) is 66.9 Å². The summed E-state index contributed by atoms with van der Waals surface area (Å²) >= 11 is 0. The Balaban J connectivity index is 1.75. The Morgan fingerprint density at radius 3 is 2.74 bits per heavy atom. The van der Waals surface area contributed by atoms with Crippen molar-refractivity contribution in [3.8, 4) is 0 Å². The summed E-state index contributed by atoms with van der Waals surface area (Å²) in [4.78, 5) is 4.78. The van der Waals surface area contributed by atoms with Gasteiger partial charge in [-0.3, -0.25) is 4.99 Å². The molecule has 3 N–H and O–H groups in total. The lowest BCUT2D eigenvalue weighted by Crippen LogP contribution is -2.39. The number of anilines is 1. The van der Waals surface area contributed by atoms with Crippen molar-refractivity contribution in [3.05, 3.63) is 30.3 Å². The summed E-state index contributed by atoms with van der Waals surface area (Å²) in [6.07, 6.45) is 2.25. The second kappa shape index (κ2) is 12.6. The minimum Gasteiger partial charge on any atom is -0.380 e. The summed E-state index contributed by atoms with van der Waals surface area (Å²) in [5.74, 6) is 1.35. The molecular weight excluding hydrogens is 340 g/mol. The Morgan fingerprint density at radius 2 is 2.07 bits per heavy atom. The maximum absolute atomic E-state index is 5.81. The highest BCUT2D eigenvalue weighted by Crippen LogP contribution is 2.12. The van der Waals surface area contributed by atoms with Crippen LogP contribution in [-0.2, 0) is 9.47 Å². The van der Waals surface area contributed by atoms with Gasteiger partial charge in [-0.05, 0) is 37.8 Å². The van der Waals surface area contributed by atoms with Crippen LogP contribution in [0, 0.1) is 5.92 Å². The zero-order valence-electron chi connectivity index (χ0n) is 17.0. The standard InChI is InChI=1S/C21H36N4O2/c1-4-22-21(23-12-8-13-27-19-11-14-26-16-19)24-15-20(17(2)3)25-18-9-6-5-7-10-18/h5-7,9-10,17,19-20,25H,4,8,11-16H2,1-3H3,(H2,22,23,24). The Morgan fingerprint density at radius 1 is 1.26 bits per heavy atom. The molecular formula is C21H36N4O2. The molecule has 6 nitrogen and oxygen atoms in total. The smallest absolute Gasteiger partial charge is 0.191 e. The molecule has 27 heavy (non-hydrogen) atoms. The average molecular weight is 377 g/mol. The summed E-state index contributed by atoms with van der Waals surface area (Å²) in [6.45, 7) is 11.3. The first-order valence-electron chi connectivity index (χ1n) is 10.2. The third-order valence-electron chi connectivity index (χ3n) is 4.58. The molecule has 0 aliphatic carbocycles. The van der Waals surface area contributed by atoms with E-state index in [9.17, 15) is 0 Å². The molecule has 0 spiro atoms. The van der Waals surface area contributed by atoms with E-state index < -0.39 is 0 Å². The van der Waals surface area contributed by atoms with Crippen molar-refractivity contribution < 1.29 is 9.47 Å². The van der Waals surface area contributed by atoms with Gasteiger partial charge in [-0.25, -0.2) is 0 Å². The summed E-state index contributed by atoms with van der Waals surface area (Å²) in [7, 11) is 0. The van der Waals surface area contributed by atoms with Gasteiger partial charge in [-0.15, -0.1) is 0 Å². The molecule has 2 atom stereocenters. The molecule has 0 radical (unpaired) electrons. The molecule has 1 heterocycles. The number of ether oxygens (including phenoxy) is 2. The van der Waals surface area contributed by atoms with E-state index in [1.54, 1.807) is 0 Å². The van der Waals surface area contributed by atoms with Crippen LogP contribution in [0.15, 0.2) is 35.3 Å². The van der Waals surface area contributed by atoms with E-state index in [2.05, 4.69) is 48.9 Å². The molecule has 2 unspecified atom stereocenters. The van der Waals surface area contributed by atoms with Crippen molar-refractivity contribution in [1.82, 2.24) is 10.6 Å². The van der Waals surface area contributed by atoms with E-state index in [1.807, 2.05) is 18.2 Å². The van der Waals surface area contributed by atoms with E-state index in [0.717, 1.165) is 63.9 Å². The molecule has 1 saturated heterocycles. The quantitative estimate of drug-likeness (QED) is 0.315. The van der Waals surface area contributed by atoms with Crippen LogP contribution in [-0.4, -0.2) is 57.6 Å². The highest BCUT2D eigenvalue weighted by molar-refractivity contribution is 5.79. The lowest BCUT2D eigenvalue weighted by Gasteiger charge is -2.22. The number of guanidine groups is 1. The highest BCUT2D eigenvalue weighted by Gasteiger charge is 2.15. The summed E-state index contributed by atoms with van der Waals surface area (Å²) in [6, 6.07) is 10.6. The fraction of sp³-hybridized carbons (Fsp3) is 0.667. The number of hydrogen-bond donors (Lipinski definition) is 3. The van der Waals surface area contributed by atoms with Gasteiger partial charge in [0.05, 0.1) is 19.3 Å². The Kier molecular flexibility index (Phi) is 10.0. The predicted molar refractivity (Wildman–Crippen MR) is 112 cm³/mol. The highest BCUT2D eigenvalue weighted by atomic mass is 16.5. The van der Waals surface area contributed by atoms with Crippen LogP contribution in [0.5, 0.6) is 0 Å². The average Bonchev–Trinajstić information content (AvgIpc) is 3.18. The second-order valence-electron chi connectivity index (χ2n) is 7.22. The van der Waals surface area contributed by atoms with Gasteiger partial charge in [-0.1, -0.05) is 32.0 Å². The van der Waals surface area contributed by atoms with Crippen LogP contribution >= 0.6 is 0 Å². The lowest BCUT2D eigenvalue weighted by atomic mass is 10.0. The summed E-state index contributed by atoms with van der Waals surface area (Å²) in [5.41, 5.74) is 1.14. The van der Waals surface area contributed by atoms with Gasteiger partial charge < -0.3 is 25.4 Å². The van der Waals surface area contributed by atoms with E-state index in [0.29, 0.717) is 5.92 Å². The van der Waals surface area contributed by atoms with Gasteiger partial charge in [0.1, 0.15) is 0 Å². The minimum atomic E-state index is 0.280. The second-order valence-corrected chi connectivity index (χ2v) is 7.22. The van der Waals surface area contributed by atoms with Crippen LogP contribution in [0.4, 0.5) is 5.69 Å². The Hall–Kier alpha value is -1.79. The first-order chi connectivity index (χ1) is 13.2. The molecule has 1 aliphatic heterocycles. The summed E-state index contributed by atoms with van der Waals surface area (Å²) < 4.78 is 11.1. The first-order valence-corrected chi connectivity index (χ1v) is 10.2. The third-order valence-corrected chi connectivity index (χ3v) is 4.58. The van der Waals surface area contributed by atoms with Crippen molar-refractivity contribution in [2.45, 2.75) is 45.8 Å². The van der Waals surface area contributed by atoms with Crippen molar-refractivity contribution in [3.63, 3.8) is 0 Å². The molecule has 0 saturated carbocycles. The molecule has 1 aliphatic rings. The first kappa shape index (κ1) is 21.5. The van der Waals surface area contributed by atoms with Gasteiger partial charge in [0, 0.05) is 38.0 Å².